The van der Waals surface area contributed by atoms with Crippen LogP contribution in [0, 0.1) is 0 Å². The fourth-order valence-corrected chi connectivity index (χ4v) is 10.2. The van der Waals surface area contributed by atoms with Crippen molar-refractivity contribution in [2.24, 2.45) is 28.7 Å². The number of nitrogens with two attached hydrogens (primary N) is 5. The lowest BCUT2D eigenvalue weighted by atomic mass is 10.1. The second kappa shape index (κ2) is 54.8. The molecule has 0 radical (unpaired) electrons. The Bertz CT molecular complexity index is 3260. The van der Waals surface area contributed by atoms with Gasteiger partial charge in [0.25, 0.3) is 0 Å². The van der Waals surface area contributed by atoms with Gasteiger partial charge in [0.05, 0.1) is 6.04 Å². The number of hydrogen-bond donors (Lipinski definition) is 25. The number of rotatable bonds is 59. The van der Waals surface area contributed by atoms with Gasteiger partial charge in [-0.1, -0.05) is 0 Å². The zero-order valence-electron chi connectivity index (χ0n) is 65.0. The van der Waals surface area contributed by atoms with Crippen LogP contribution in [0.4, 0.5) is 0 Å². The lowest BCUT2D eigenvalue weighted by Crippen LogP contribution is -2.60. The average Bonchev–Trinajstić information content (AvgIpc) is 0.874. The van der Waals surface area contributed by atoms with E-state index in [0.717, 1.165) is 6.92 Å². The van der Waals surface area contributed by atoms with Gasteiger partial charge in [0.1, 0.15) is 90.6 Å². The first-order valence-corrected chi connectivity index (χ1v) is 37.2. The molecule has 0 aromatic rings. The average molecular weight is 1620 g/mol. The molecule has 16 atom stereocenters. The molecule has 0 spiro atoms. The normalized spacial score (nSPS) is 15.2. The van der Waals surface area contributed by atoms with Gasteiger partial charge in [0.2, 0.25) is 88.6 Å². The van der Waals surface area contributed by atoms with Crippen LogP contribution in [0.2, 0.25) is 0 Å². The van der Waals surface area contributed by atoms with E-state index in [0.29, 0.717) is 32.1 Å². The molecule has 0 saturated carbocycles. The Balaban J connectivity index is 6.41. The Morgan fingerprint density at radius 1 is 0.212 bits per heavy atom. The van der Waals surface area contributed by atoms with Gasteiger partial charge in [-0.25, -0.2) is 4.79 Å². The summed E-state index contributed by atoms with van der Waals surface area (Å²) in [5.41, 5.74) is 28.1. The topological polar surface area (TPSA) is 753 Å². The summed E-state index contributed by atoms with van der Waals surface area (Å²) in [6.07, 6.45) is -2.43. The monoisotopic (exact) mass is 1610 g/mol. The van der Waals surface area contributed by atoms with Crippen molar-refractivity contribution >= 4 is 118 Å². The van der Waals surface area contributed by atoms with Crippen molar-refractivity contribution in [2.75, 3.05) is 26.2 Å². The van der Waals surface area contributed by atoms with E-state index in [4.69, 9.17) is 28.7 Å². The summed E-state index contributed by atoms with van der Waals surface area (Å²) < 4.78 is 0. The Morgan fingerprint density at radius 3 is 0.513 bits per heavy atom. The van der Waals surface area contributed by atoms with Gasteiger partial charge < -0.3 is 134 Å². The highest BCUT2D eigenvalue weighted by Gasteiger charge is 2.37. The molecule has 30 N–H and O–H groups in total. The summed E-state index contributed by atoms with van der Waals surface area (Å²) in [5, 5.41) is 82.7. The molecule has 45 heteroatoms. The maximum absolute atomic E-state index is 13.9. The Kier molecular flexibility index (Phi) is 49.5. The Hall–Kier alpha value is -10.8. The van der Waals surface area contributed by atoms with E-state index in [2.05, 4.69) is 79.8 Å². The van der Waals surface area contributed by atoms with Crippen LogP contribution in [0.1, 0.15) is 184 Å². The van der Waals surface area contributed by atoms with Crippen molar-refractivity contribution in [3.05, 3.63) is 0 Å². The van der Waals surface area contributed by atoms with Crippen LogP contribution in [0.25, 0.3) is 0 Å². The number of carboxylic acid groups (broad SMARTS) is 5. The summed E-state index contributed by atoms with van der Waals surface area (Å²) >= 11 is 0. The SMILES string of the molecule is C[C@H](N)C(=O)N[C@@H](CCC(=O)O)C(=O)N[C@@H](C)C(=O)N[C@@H](CCCCN)C(=O)N[C@@H](C)C(=O)N[C@@H](CCC(=O)O)C(=O)N[C@@H](C)C(=O)N[C@@H](CCCCN)C(=O)N[C@@H](C)C(=O)N[C@@H](CCC(=O)O)C(=O)N[C@@H](C)C(=O)N[C@@H](CCCCN)C(=O)N[C@@H](C)C(=O)N[C@@H](CCC(=O)O)C(=O)N[C@@H](C)C(=O)N[C@@H](CCCCN)C(=O)O. The van der Waals surface area contributed by atoms with Crippen LogP contribution >= 0.6 is 0 Å². The van der Waals surface area contributed by atoms with Gasteiger partial charge in [-0.3, -0.25) is 91.1 Å². The van der Waals surface area contributed by atoms with E-state index in [9.17, 15) is 121 Å². The summed E-state index contributed by atoms with van der Waals surface area (Å²) in [6.45, 7) is 10.4. The zero-order valence-corrected chi connectivity index (χ0v) is 65.0. The lowest BCUT2D eigenvalue weighted by molar-refractivity contribution is -0.142. The maximum atomic E-state index is 13.9. The number of unbranched alkanes of at least 4 members (excludes halogenated alkanes) is 4. The Labute approximate surface area is 652 Å². The third-order valence-electron chi connectivity index (χ3n) is 17.1. The molecule has 45 nitrogen and oxygen atoms in total. The molecule has 0 aromatic carbocycles. The fraction of sp³-hybridized carbons (Fsp3) is 0.706. The number of carbonyl (C=O) groups is 20. The van der Waals surface area contributed by atoms with Crippen LogP contribution < -0.4 is 108 Å². The first-order valence-electron chi connectivity index (χ1n) is 37.2. The zero-order chi connectivity index (χ0) is 86.4. The van der Waals surface area contributed by atoms with E-state index in [1.54, 1.807) is 0 Å². The number of hydrogen-bond acceptors (Lipinski definition) is 25. The first-order chi connectivity index (χ1) is 52.9. The number of amides is 15. The highest BCUT2D eigenvalue weighted by atomic mass is 16.4. The smallest absolute Gasteiger partial charge is 0.326 e. The van der Waals surface area contributed by atoms with Crippen LogP contribution in [0.5, 0.6) is 0 Å². The highest BCUT2D eigenvalue weighted by molar-refractivity contribution is 6.01. The molecular formula is C68H118N20O25. The van der Waals surface area contributed by atoms with Crippen molar-refractivity contribution in [2.45, 2.75) is 280 Å². The molecule has 113 heavy (non-hydrogen) atoms. The van der Waals surface area contributed by atoms with Gasteiger partial charge >= 0.3 is 29.8 Å². The molecule has 0 heterocycles. The molecule has 0 unspecified atom stereocenters. The minimum absolute atomic E-state index is 0.0238. The molecule has 640 valence electrons. The van der Waals surface area contributed by atoms with Crippen LogP contribution in [0.3, 0.4) is 0 Å². The van der Waals surface area contributed by atoms with Crippen molar-refractivity contribution in [1.82, 2.24) is 79.8 Å². The number of carboxylic acids is 5. The molecule has 15 amide bonds. The highest BCUT2D eigenvalue weighted by Crippen LogP contribution is 2.11. The van der Waals surface area contributed by atoms with Gasteiger partial charge in [0.15, 0.2) is 0 Å². The van der Waals surface area contributed by atoms with Gasteiger partial charge in [0, 0.05) is 25.7 Å². The predicted octanol–water partition coefficient (Wildman–Crippen LogP) is -8.20. The van der Waals surface area contributed by atoms with Crippen molar-refractivity contribution in [3.8, 4) is 0 Å². The predicted molar refractivity (Wildman–Crippen MR) is 399 cm³/mol. The van der Waals surface area contributed by atoms with Gasteiger partial charge in [-0.2, -0.15) is 0 Å². The van der Waals surface area contributed by atoms with E-state index in [1.165, 1.54) is 48.5 Å². The van der Waals surface area contributed by atoms with E-state index < -0.39 is 260 Å². The van der Waals surface area contributed by atoms with Gasteiger partial charge in [-0.15, -0.1) is 0 Å². The van der Waals surface area contributed by atoms with E-state index >= 15 is 0 Å². The molecular weight excluding hydrogens is 1500 g/mol. The third kappa shape index (κ3) is 42.4. The fourth-order valence-electron chi connectivity index (χ4n) is 10.2. The molecule has 0 fully saturated rings. The quantitative estimate of drug-likeness (QED) is 0.0252. The Morgan fingerprint density at radius 2 is 0.363 bits per heavy atom. The van der Waals surface area contributed by atoms with Crippen LogP contribution in [-0.4, -0.2) is 267 Å². The lowest BCUT2D eigenvalue weighted by Gasteiger charge is -2.26. The maximum Gasteiger partial charge on any atom is 0.326 e. The molecule has 0 bridgehead atoms. The summed E-state index contributed by atoms with van der Waals surface area (Å²) in [5.74, 6) is -21.8. The number of nitrogens with one attached hydrogen (secondary N) is 15. The molecule has 0 aromatic heterocycles. The van der Waals surface area contributed by atoms with Crippen LogP contribution in [-0.2, 0) is 95.9 Å². The molecule has 0 saturated heterocycles. The van der Waals surface area contributed by atoms with Crippen LogP contribution in [0.15, 0.2) is 0 Å². The van der Waals surface area contributed by atoms with Crippen molar-refractivity contribution < 1.29 is 121 Å². The largest absolute Gasteiger partial charge is 0.481 e. The standard InChI is InChI=1S/C68H118N20O25/c1-33(73)53(97)81-44(21-25-49(89)90)64(108)77-34(2)54(98)82-41(17-9-13-29-69)61(105)74-37(5)57(101)85-45(22-26-50(91)92)65(109)78-35(3)55(99)83-42(18-10-14-30-70)62(106)75-38(6)58(102)86-46(23-27-51(93)94)66(110)79-36(4)56(100)84-43(19-11-15-31-71)63(107)76-39(7)59(103)87-47(24-28-52(95)96)67(111)80-40(8)60(104)88-48(68(112)113)20-12-16-32-72/h33-48H,9-32,69-73H2,1-8H3,(H,74,105)(H,75,106)(H,76,107)(H,77,108)(H,78,109)(H,79,110)(H,80,111)(H,81,97)(H,82,98)(H,83,99)(H,84,100)(H,85,101)(H,86,102)(H,87,103)(H,88,104)(H,89,90)(H,91,92)(H,93,94)(H,95,96)(H,112,113)/t33-,34-,35-,36-,37-,38-,39-,40-,41-,42-,43-,44-,45-,46-,47-,48-/m0/s1. The summed E-state index contributed by atoms with van der Waals surface area (Å²) in [6, 6.07) is -23.6. The molecule has 0 rings (SSSR count). The second-order valence-corrected chi connectivity index (χ2v) is 27.1. The summed E-state index contributed by atoms with van der Waals surface area (Å²) in [7, 11) is 0. The third-order valence-corrected chi connectivity index (χ3v) is 17.1. The first kappa shape index (κ1) is 102. The minimum Gasteiger partial charge on any atom is -0.481 e. The van der Waals surface area contributed by atoms with E-state index in [-0.39, 0.29) is 77.5 Å². The molecule has 0 aliphatic carbocycles. The molecule has 0 aliphatic rings. The number of aliphatic carboxylic acids is 5. The van der Waals surface area contributed by atoms with E-state index in [1.807, 2.05) is 0 Å². The second-order valence-electron chi connectivity index (χ2n) is 27.1. The van der Waals surface area contributed by atoms with Gasteiger partial charge in [-0.05, 0) is 184 Å². The van der Waals surface area contributed by atoms with Crippen molar-refractivity contribution in [1.29, 1.82) is 0 Å². The summed E-state index contributed by atoms with van der Waals surface area (Å²) in [4.78, 5) is 261. The minimum atomic E-state index is -1.72. The molecule has 0 aliphatic heterocycles. The number of carbonyl (C=O) groups excluding carboxylic acids is 15. The van der Waals surface area contributed by atoms with Crippen molar-refractivity contribution in [3.63, 3.8) is 0 Å².